The fraction of sp³-hybridized carbons (Fsp3) is 0.333. The summed E-state index contributed by atoms with van der Waals surface area (Å²) in [5.74, 6) is -1.79. The number of ether oxygens (including phenoxy) is 2. The number of benzene rings is 1. The summed E-state index contributed by atoms with van der Waals surface area (Å²) in [6.45, 7) is 1.40. The molecule has 0 saturated carbocycles. The molecule has 0 aromatic heterocycles. The van der Waals surface area contributed by atoms with Gasteiger partial charge in [0.05, 0.1) is 23.9 Å². The third-order valence-corrected chi connectivity index (χ3v) is 2.76. The Morgan fingerprint density at radius 2 is 2.05 bits per heavy atom. The van der Waals surface area contributed by atoms with Crippen molar-refractivity contribution in [2.24, 2.45) is 0 Å². The summed E-state index contributed by atoms with van der Waals surface area (Å²) >= 11 is 0. The van der Waals surface area contributed by atoms with E-state index >= 15 is 0 Å². The van der Waals surface area contributed by atoms with Gasteiger partial charge < -0.3 is 14.8 Å². The number of amides is 1. The summed E-state index contributed by atoms with van der Waals surface area (Å²) in [7, 11) is 0.971. The van der Waals surface area contributed by atoms with Crippen molar-refractivity contribution in [1.82, 2.24) is 0 Å². The van der Waals surface area contributed by atoms with Gasteiger partial charge in [0.25, 0.3) is 5.91 Å². The Morgan fingerprint density at radius 1 is 1.40 bits per heavy atom. The largest absolute Gasteiger partial charge is 0.479 e. The van der Waals surface area contributed by atoms with Gasteiger partial charge in [-0.3, -0.25) is 4.79 Å². The van der Waals surface area contributed by atoms with E-state index in [1.165, 1.54) is 6.92 Å². The van der Waals surface area contributed by atoms with Crippen LogP contribution in [-0.2, 0) is 15.7 Å². The maximum absolute atomic E-state index is 12.9. The van der Waals surface area contributed by atoms with Crippen LogP contribution in [-0.4, -0.2) is 25.1 Å². The van der Waals surface area contributed by atoms with Gasteiger partial charge in [-0.2, -0.15) is 13.2 Å². The number of hydrogen-bond donors (Lipinski definition) is 1. The van der Waals surface area contributed by atoms with E-state index in [1.54, 1.807) is 0 Å². The molecule has 1 amide bonds. The Hall–Kier alpha value is -2.25. The number of alkyl halides is 3. The molecule has 1 aliphatic rings. The first-order valence-electron chi connectivity index (χ1n) is 5.55. The van der Waals surface area contributed by atoms with E-state index in [0.717, 1.165) is 13.2 Å². The van der Waals surface area contributed by atoms with Crippen LogP contribution < -0.4 is 10.1 Å². The maximum Gasteiger partial charge on any atom is 0.417 e. The van der Waals surface area contributed by atoms with Gasteiger partial charge in [-0.15, -0.1) is 0 Å². The number of esters is 1. The van der Waals surface area contributed by atoms with E-state index in [1.807, 2.05) is 0 Å². The summed E-state index contributed by atoms with van der Waals surface area (Å²) in [5, 5.41) is 2.37. The first-order valence-corrected chi connectivity index (χ1v) is 5.55. The first-order chi connectivity index (χ1) is 9.24. The molecule has 8 heteroatoms. The molecule has 0 bridgehead atoms. The number of carbonyl (C=O) groups is 2. The Morgan fingerprint density at radius 3 is 2.60 bits per heavy atom. The SMILES string of the molecule is COC(=O)c1cc2c(cc1C(F)(F)F)O[C@@H](C)C(=O)N2. The molecule has 1 atom stereocenters. The smallest absolute Gasteiger partial charge is 0.417 e. The Labute approximate surface area is 111 Å². The lowest BCUT2D eigenvalue weighted by Crippen LogP contribution is -2.34. The van der Waals surface area contributed by atoms with Crippen LogP contribution in [0.3, 0.4) is 0 Å². The molecule has 5 nitrogen and oxygen atoms in total. The summed E-state index contributed by atoms with van der Waals surface area (Å²) in [5.41, 5.74) is -1.86. The third-order valence-electron chi connectivity index (χ3n) is 2.76. The van der Waals surface area contributed by atoms with Gasteiger partial charge in [-0.25, -0.2) is 4.79 Å². The van der Waals surface area contributed by atoms with Crippen LogP contribution in [0.1, 0.15) is 22.8 Å². The lowest BCUT2D eigenvalue weighted by Gasteiger charge is -2.25. The second-order valence-electron chi connectivity index (χ2n) is 4.13. The van der Waals surface area contributed by atoms with Crippen molar-refractivity contribution >= 4 is 17.6 Å². The highest BCUT2D eigenvalue weighted by molar-refractivity contribution is 6.00. The van der Waals surface area contributed by atoms with Crippen LogP contribution in [0.25, 0.3) is 0 Å². The molecule has 20 heavy (non-hydrogen) atoms. The average molecular weight is 289 g/mol. The fourth-order valence-corrected chi connectivity index (χ4v) is 1.77. The molecule has 0 radical (unpaired) electrons. The van der Waals surface area contributed by atoms with Crippen molar-refractivity contribution in [3.05, 3.63) is 23.3 Å². The summed E-state index contributed by atoms with van der Waals surface area (Å²) in [4.78, 5) is 22.9. The summed E-state index contributed by atoms with van der Waals surface area (Å²) in [6.07, 6.45) is -5.65. The molecule has 1 heterocycles. The van der Waals surface area contributed by atoms with E-state index in [2.05, 4.69) is 10.1 Å². The van der Waals surface area contributed by atoms with Crippen molar-refractivity contribution in [2.75, 3.05) is 12.4 Å². The zero-order valence-corrected chi connectivity index (χ0v) is 10.5. The lowest BCUT2D eigenvalue weighted by molar-refractivity contribution is -0.138. The van der Waals surface area contributed by atoms with Crippen LogP contribution in [0.4, 0.5) is 18.9 Å². The number of methoxy groups -OCH3 is 1. The van der Waals surface area contributed by atoms with E-state index < -0.39 is 35.3 Å². The zero-order valence-electron chi connectivity index (χ0n) is 10.5. The zero-order chi connectivity index (χ0) is 15.1. The number of nitrogens with one attached hydrogen (secondary N) is 1. The predicted molar refractivity (Wildman–Crippen MR) is 61.5 cm³/mol. The second kappa shape index (κ2) is 4.69. The number of hydrogen-bond acceptors (Lipinski definition) is 4. The normalized spacial score (nSPS) is 17.9. The van der Waals surface area contributed by atoms with Gasteiger partial charge in [0.1, 0.15) is 5.75 Å². The van der Waals surface area contributed by atoms with E-state index in [-0.39, 0.29) is 11.4 Å². The molecule has 0 saturated heterocycles. The standard InChI is InChI=1S/C12H10F3NO4/c1-5-10(17)16-8-3-6(11(18)19-2)7(12(13,14)15)4-9(8)20-5/h3-5H,1-2H3,(H,16,17)/t5-/m0/s1. The van der Waals surface area contributed by atoms with Crippen molar-refractivity contribution in [2.45, 2.75) is 19.2 Å². The Bertz CT molecular complexity index is 583. The lowest BCUT2D eigenvalue weighted by atomic mass is 10.0. The maximum atomic E-state index is 12.9. The van der Waals surface area contributed by atoms with Crippen molar-refractivity contribution in [1.29, 1.82) is 0 Å². The third kappa shape index (κ3) is 2.40. The minimum absolute atomic E-state index is 0.00139. The van der Waals surface area contributed by atoms with Crippen LogP contribution in [0.15, 0.2) is 12.1 Å². The fourth-order valence-electron chi connectivity index (χ4n) is 1.77. The minimum atomic E-state index is -4.74. The Kier molecular flexibility index (Phi) is 3.33. The number of fused-ring (bicyclic) bond motifs is 1. The molecular formula is C12H10F3NO4. The molecule has 2 rings (SSSR count). The number of rotatable bonds is 1. The second-order valence-corrected chi connectivity index (χ2v) is 4.13. The summed E-state index contributed by atoms with van der Waals surface area (Å²) < 4.78 is 48.2. The highest BCUT2D eigenvalue weighted by atomic mass is 19.4. The number of anilines is 1. The monoisotopic (exact) mass is 289 g/mol. The average Bonchev–Trinajstić information content (AvgIpc) is 2.37. The summed E-state index contributed by atoms with van der Waals surface area (Å²) in [6, 6.07) is 1.57. The Balaban J connectivity index is 2.60. The van der Waals surface area contributed by atoms with Crippen LogP contribution in [0.5, 0.6) is 5.75 Å². The molecule has 0 spiro atoms. The van der Waals surface area contributed by atoms with E-state index in [4.69, 9.17) is 4.74 Å². The number of carbonyl (C=O) groups excluding carboxylic acids is 2. The molecule has 0 unspecified atom stereocenters. The van der Waals surface area contributed by atoms with Gasteiger partial charge in [0, 0.05) is 0 Å². The minimum Gasteiger partial charge on any atom is -0.479 e. The topological polar surface area (TPSA) is 64.6 Å². The van der Waals surface area contributed by atoms with Gasteiger partial charge in [0.2, 0.25) is 0 Å². The van der Waals surface area contributed by atoms with Gasteiger partial charge in [-0.05, 0) is 19.1 Å². The quantitative estimate of drug-likeness (QED) is 0.805. The first kappa shape index (κ1) is 14.2. The molecule has 108 valence electrons. The predicted octanol–water partition coefficient (Wildman–Crippen LogP) is 2.21. The van der Waals surface area contributed by atoms with E-state index in [0.29, 0.717) is 6.07 Å². The highest BCUT2D eigenvalue weighted by Gasteiger charge is 2.38. The van der Waals surface area contributed by atoms with Crippen LogP contribution >= 0.6 is 0 Å². The van der Waals surface area contributed by atoms with Gasteiger partial charge in [0.15, 0.2) is 6.10 Å². The van der Waals surface area contributed by atoms with Gasteiger partial charge in [-0.1, -0.05) is 0 Å². The molecule has 0 fully saturated rings. The molecular weight excluding hydrogens is 279 g/mol. The van der Waals surface area contributed by atoms with Gasteiger partial charge >= 0.3 is 12.1 Å². The highest BCUT2D eigenvalue weighted by Crippen LogP contribution is 2.40. The number of halogens is 3. The molecule has 1 aromatic rings. The molecule has 1 N–H and O–H groups in total. The van der Waals surface area contributed by atoms with Crippen LogP contribution in [0.2, 0.25) is 0 Å². The van der Waals surface area contributed by atoms with Crippen molar-refractivity contribution < 1.29 is 32.2 Å². The molecule has 1 aliphatic heterocycles. The van der Waals surface area contributed by atoms with Crippen LogP contribution in [0, 0.1) is 0 Å². The molecule has 1 aromatic carbocycles. The van der Waals surface area contributed by atoms with Crippen molar-refractivity contribution in [3.63, 3.8) is 0 Å². The molecule has 0 aliphatic carbocycles. The van der Waals surface area contributed by atoms with Crippen molar-refractivity contribution in [3.8, 4) is 5.75 Å². The van der Waals surface area contributed by atoms with E-state index in [9.17, 15) is 22.8 Å².